The lowest BCUT2D eigenvalue weighted by Crippen LogP contribution is -3.00. The summed E-state index contributed by atoms with van der Waals surface area (Å²) >= 11 is 6.33. The summed E-state index contributed by atoms with van der Waals surface area (Å²) in [5, 5.41) is 0.833. The molecule has 158 valence electrons. The average molecular weight is 433 g/mol. The highest BCUT2D eigenvalue weighted by atomic mass is 35.5. The Balaban J connectivity index is 0.00000205. The van der Waals surface area contributed by atoms with Crippen LogP contribution in [0, 0.1) is 11.8 Å². The van der Waals surface area contributed by atoms with Crippen LogP contribution in [0.5, 0.6) is 0 Å². The number of allylic oxidation sites excluding steroid dienone is 2. The maximum Gasteiger partial charge on any atom is 0.165 e. The Morgan fingerprint density at radius 3 is 2.21 bits per heavy atom. The van der Waals surface area contributed by atoms with Crippen LogP contribution in [0.1, 0.15) is 70.8 Å². The zero-order valence-electron chi connectivity index (χ0n) is 18.0. The van der Waals surface area contributed by atoms with E-state index in [0.29, 0.717) is 0 Å². The molecular weight excluding hydrogens is 399 g/mol. The summed E-state index contributed by atoms with van der Waals surface area (Å²) in [6.45, 7) is 4.67. The summed E-state index contributed by atoms with van der Waals surface area (Å²) in [7, 11) is 2.21. The first-order valence-corrected chi connectivity index (χ1v) is 11.7. The van der Waals surface area contributed by atoms with Gasteiger partial charge in [-0.25, -0.2) is 4.58 Å². The Morgan fingerprint density at radius 2 is 1.59 bits per heavy atom. The lowest BCUT2D eigenvalue weighted by Gasteiger charge is -2.26. The van der Waals surface area contributed by atoms with E-state index in [1.54, 1.807) is 0 Å². The van der Waals surface area contributed by atoms with Gasteiger partial charge in [0.25, 0.3) is 0 Å². The van der Waals surface area contributed by atoms with Gasteiger partial charge in [0.1, 0.15) is 0 Å². The van der Waals surface area contributed by atoms with Gasteiger partial charge in [-0.2, -0.15) is 0 Å². The molecule has 0 bridgehead atoms. The molecule has 5 rings (SSSR count). The number of fused-ring (bicyclic) bond motifs is 4. The van der Waals surface area contributed by atoms with Crippen LogP contribution in [0.2, 0.25) is 5.02 Å². The van der Waals surface area contributed by atoms with Crippen LogP contribution in [0.3, 0.4) is 0 Å². The molecule has 0 amide bonds. The van der Waals surface area contributed by atoms with Crippen molar-refractivity contribution in [2.45, 2.75) is 82.7 Å². The van der Waals surface area contributed by atoms with Crippen molar-refractivity contribution in [1.82, 2.24) is 0 Å². The molecular formula is C25H34Cl2N2. The van der Waals surface area contributed by atoms with Gasteiger partial charge in [-0.1, -0.05) is 38.3 Å². The molecule has 2 heterocycles. The molecule has 4 aliphatic rings. The first kappa shape index (κ1) is 21.2. The monoisotopic (exact) mass is 432 g/mol. The van der Waals surface area contributed by atoms with Gasteiger partial charge in [-0.3, -0.25) is 0 Å². The van der Waals surface area contributed by atoms with E-state index in [1.807, 2.05) is 6.07 Å². The van der Waals surface area contributed by atoms with Crippen molar-refractivity contribution in [2.24, 2.45) is 11.8 Å². The van der Waals surface area contributed by atoms with Crippen LogP contribution in [0.25, 0.3) is 0 Å². The fraction of sp³-hybridized carbons (Fsp3) is 0.640. The fourth-order valence-corrected chi connectivity index (χ4v) is 7.12. The second-order valence-corrected chi connectivity index (χ2v) is 10.5. The van der Waals surface area contributed by atoms with Crippen molar-refractivity contribution in [3.8, 4) is 0 Å². The highest BCUT2D eigenvalue weighted by molar-refractivity contribution is 6.30. The molecule has 0 N–H and O–H groups in total. The maximum absolute atomic E-state index is 6.33. The summed E-state index contributed by atoms with van der Waals surface area (Å²) in [6, 6.07) is 7.90. The van der Waals surface area contributed by atoms with Crippen molar-refractivity contribution in [3.63, 3.8) is 0 Å². The topological polar surface area (TPSA) is 6.25 Å². The minimum atomic E-state index is -0.0108. The fourth-order valence-electron chi connectivity index (χ4n) is 6.95. The highest BCUT2D eigenvalue weighted by Crippen LogP contribution is 2.49. The summed E-state index contributed by atoms with van der Waals surface area (Å²) in [4.78, 5) is 2.37. The molecule has 3 fully saturated rings. The van der Waals surface area contributed by atoms with Gasteiger partial charge in [-0.15, -0.1) is 0 Å². The molecule has 0 radical (unpaired) electrons. The van der Waals surface area contributed by atoms with Crippen molar-refractivity contribution >= 4 is 23.5 Å². The Hall–Kier alpha value is -0.990. The summed E-state index contributed by atoms with van der Waals surface area (Å²) in [6.07, 6.45) is 16.4. The zero-order chi connectivity index (χ0) is 19.5. The van der Waals surface area contributed by atoms with E-state index < -0.39 is 0 Å². The van der Waals surface area contributed by atoms with Gasteiger partial charge >= 0.3 is 0 Å². The largest absolute Gasteiger partial charge is 1.00 e. The lowest BCUT2D eigenvalue weighted by molar-refractivity contribution is -0.583. The molecule has 1 aromatic carbocycles. The van der Waals surface area contributed by atoms with E-state index in [2.05, 4.69) is 54.8 Å². The number of nitrogens with zero attached hydrogens (tertiary/aromatic N) is 2. The maximum atomic E-state index is 6.33. The quantitative estimate of drug-likeness (QED) is 0.617. The zero-order valence-corrected chi connectivity index (χ0v) is 19.5. The number of benzene rings is 1. The summed E-state index contributed by atoms with van der Waals surface area (Å²) in [5.41, 5.74) is 4.01. The molecule has 4 heteroatoms. The molecule has 4 atom stereocenters. The Bertz CT molecular complexity index is 817. The minimum absolute atomic E-state index is 0. The molecule has 2 aliphatic carbocycles. The molecule has 0 spiro atoms. The third-order valence-corrected chi connectivity index (χ3v) is 8.51. The van der Waals surface area contributed by atoms with Gasteiger partial charge in [-0.05, 0) is 49.4 Å². The van der Waals surface area contributed by atoms with Crippen LogP contribution in [0.15, 0.2) is 30.0 Å². The average Bonchev–Trinajstić information content (AvgIpc) is 3.10. The molecule has 2 aliphatic heterocycles. The second kappa shape index (κ2) is 7.93. The molecule has 1 saturated heterocycles. The molecule has 29 heavy (non-hydrogen) atoms. The van der Waals surface area contributed by atoms with E-state index in [9.17, 15) is 0 Å². The standard InChI is InChI=1S/C25H34ClN2.ClH/c1-25(2)20-16-17(26)12-13-23(20)27(3)24(25)14-15-28-21-10-6-4-8-18(21)19-9-5-7-11-22(19)28;/h12-16,18-19,21-22H,4-11H2,1-3H3;1H/q+1;/p-1. The van der Waals surface area contributed by atoms with E-state index in [4.69, 9.17) is 11.6 Å². The Labute approximate surface area is 187 Å². The van der Waals surface area contributed by atoms with E-state index in [-0.39, 0.29) is 17.8 Å². The predicted octanol–water partition coefficient (Wildman–Crippen LogP) is 3.17. The van der Waals surface area contributed by atoms with Crippen molar-refractivity contribution in [3.05, 3.63) is 40.6 Å². The van der Waals surface area contributed by atoms with Gasteiger partial charge in [0.15, 0.2) is 18.3 Å². The second-order valence-electron chi connectivity index (χ2n) is 10.0. The highest BCUT2D eigenvalue weighted by Gasteiger charge is 2.53. The number of hydrogen-bond donors (Lipinski definition) is 0. The van der Waals surface area contributed by atoms with Gasteiger partial charge in [0.05, 0.1) is 0 Å². The summed E-state index contributed by atoms with van der Waals surface area (Å²) < 4.78 is 2.81. The number of anilines is 1. The first-order chi connectivity index (χ1) is 13.5. The minimum Gasteiger partial charge on any atom is -1.00 e. The molecule has 4 unspecified atom stereocenters. The van der Waals surface area contributed by atoms with Crippen LogP contribution in [-0.2, 0) is 5.41 Å². The third kappa shape index (κ3) is 3.35. The Kier molecular flexibility index (Phi) is 5.81. The van der Waals surface area contributed by atoms with Crippen LogP contribution < -0.4 is 17.3 Å². The Morgan fingerprint density at radius 1 is 1.00 bits per heavy atom. The van der Waals surface area contributed by atoms with Crippen molar-refractivity contribution in [2.75, 3.05) is 11.9 Å². The van der Waals surface area contributed by atoms with Gasteiger partial charge in [0.2, 0.25) is 0 Å². The number of halogens is 2. The normalized spacial score (nSPS) is 33.7. The van der Waals surface area contributed by atoms with Gasteiger partial charge < -0.3 is 17.3 Å². The lowest BCUT2D eigenvalue weighted by atomic mass is 9.73. The number of rotatable bonds is 1. The van der Waals surface area contributed by atoms with Crippen LogP contribution >= 0.6 is 11.6 Å². The van der Waals surface area contributed by atoms with Crippen LogP contribution in [-0.4, -0.2) is 29.9 Å². The molecule has 1 aromatic rings. The first-order valence-electron chi connectivity index (χ1n) is 11.4. The van der Waals surface area contributed by atoms with Crippen molar-refractivity contribution < 1.29 is 17.0 Å². The van der Waals surface area contributed by atoms with Crippen LogP contribution in [0.4, 0.5) is 5.69 Å². The smallest absolute Gasteiger partial charge is 0.165 e. The predicted molar refractivity (Wildman–Crippen MR) is 119 cm³/mol. The van der Waals surface area contributed by atoms with Crippen molar-refractivity contribution in [1.29, 1.82) is 0 Å². The molecule has 0 aromatic heterocycles. The number of likely N-dealkylation sites (N-methyl/N-ethyl adjacent to an activating group) is 1. The molecule has 2 nitrogen and oxygen atoms in total. The SMILES string of the molecule is CN1/C(=C/C=[N+]2C3CCCCC3C3CCCCC32)C(C)(C)c2cc(Cl)ccc21.[Cl-]. The van der Waals surface area contributed by atoms with E-state index in [1.165, 1.54) is 68.3 Å². The van der Waals surface area contributed by atoms with E-state index >= 15 is 0 Å². The number of hydrogen-bond acceptors (Lipinski definition) is 1. The molecule has 2 saturated carbocycles. The van der Waals surface area contributed by atoms with Gasteiger partial charge in [0, 0.05) is 59.6 Å². The van der Waals surface area contributed by atoms with E-state index in [0.717, 1.165) is 28.9 Å². The summed E-state index contributed by atoms with van der Waals surface area (Å²) in [5.74, 6) is 1.89. The third-order valence-electron chi connectivity index (χ3n) is 8.28.